The Hall–Kier alpha value is -0.610. The van der Waals surface area contributed by atoms with Crippen molar-refractivity contribution in [2.75, 3.05) is 19.6 Å². The minimum atomic E-state index is 0.110. The van der Waals surface area contributed by atoms with Crippen LogP contribution in [0.5, 0.6) is 0 Å². The van der Waals surface area contributed by atoms with Gasteiger partial charge in [-0.3, -0.25) is 4.79 Å². The first-order valence-electron chi connectivity index (χ1n) is 4.90. The zero-order valence-corrected chi connectivity index (χ0v) is 8.60. The number of hydrogen-bond acceptors (Lipinski definition) is 3. The molecule has 0 fully saturated rings. The van der Waals surface area contributed by atoms with Crippen LogP contribution in [0, 0.1) is 0 Å². The van der Waals surface area contributed by atoms with Gasteiger partial charge < -0.3 is 16.4 Å². The molecule has 4 N–H and O–H groups in total. The molecule has 13 heavy (non-hydrogen) atoms. The van der Waals surface area contributed by atoms with Gasteiger partial charge in [-0.1, -0.05) is 6.92 Å². The van der Waals surface area contributed by atoms with E-state index in [2.05, 4.69) is 10.6 Å². The summed E-state index contributed by atoms with van der Waals surface area (Å²) < 4.78 is 0. The van der Waals surface area contributed by atoms with E-state index in [0.717, 1.165) is 13.0 Å². The third-order valence-electron chi connectivity index (χ3n) is 1.77. The molecule has 78 valence electrons. The van der Waals surface area contributed by atoms with Crippen LogP contribution in [0.3, 0.4) is 0 Å². The lowest BCUT2D eigenvalue weighted by Crippen LogP contribution is -2.36. The summed E-state index contributed by atoms with van der Waals surface area (Å²) in [5.41, 5.74) is 5.41. The molecule has 0 spiro atoms. The second-order valence-corrected chi connectivity index (χ2v) is 3.19. The van der Waals surface area contributed by atoms with Gasteiger partial charge in [0, 0.05) is 32.1 Å². The van der Waals surface area contributed by atoms with Gasteiger partial charge in [0.25, 0.3) is 0 Å². The van der Waals surface area contributed by atoms with Gasteiger partial charge in [0.05, 0.1) is 0 Å². The number of rotatable bonds is 7. The van der Waals surface area contributed by atoms with Crippen molar-refractivity contribution in [2.45, 2.75) is 32.7 Å². The summed E-state index contributed by atoms with van der Waals surface area (Å²) in [6.45, 7) is 6.12. The van der Waals surface area contributed by atoms with E-state index in [1.54, 1.807) is 0 Å². The van der Waals surface area contributed by atoms with Crippen molar-refractivity contribution >= 4 is 5.91 Å². The van der Waals surface area contributed by atoms with Gasteiger partial charge >= 0.3 is 0 Å². The van der Waals surface area contributed by atoms with Crippen LogP contribution in [0.25, 0.3) is 0 Å². The predicted molar refractivity (Wildman–Crippen MR) is 54.4 cm³/mol. The largest absolute Gasteiger partial charge is 0.356 e. The molecule has 0 rings (SSSR count). The highest BCUT2D eigenvalue weighted by Crippen LogP contribution is 1.81. The van der Waals surface area contributed by atoms with Crippen molar-refractivity contribution in [1.82, 2.24) is 10.6 Å². The molecule has 1 unspecified atom stereocenters. The van der Waals surface area contributed by atoms with E-state index in [1.807, 2.05) is 13.8 Å². The Labute approximate surface area is 80.3 Å². The molecule has 0 aliphatic rings. The highest BCUT2D eigenvalue weighted by Gasteiger charge is 2.01. The number of hydrogen-bond donors (Lipinski definition) is 3. The third kappa shape index (κ3) is 7.74. The number of nitrogens with one attached hydrogen (secondary N) is 2. The van der Waals surface area contributed by atoms with Gasteiger partial charge in [0.1, 0.15) is 0 Å². The van der Waals surface area contributed by atoms with Crippen molar-refractivity contribution in [3.05, 3.63) is 0 Å². The molecule has 0 saturated carbocycles. The summed E-state index contributed by atoms with van der Waals surface area (Å²) in [5, 5.41) is 5.97. The Balaban J connectivity index is 3.26. The molecule has 4 heteroatoms. The highest BCUT2D eigenvalue weighted by atomic mass is 16.1. The number of amides is 1. The fourth-order valence-corrected chi connectivity index (χ4v) is 0.868. The number of carbonyl (C=O) groups excluding carboxylic acids is 1. The maximum Gasteiger partial charge on any atom is 0.221 e. The fourth-order valence-electron chi connectivity index (χ4n) is 0.868. The number of nitrogens with two attached hydrogens (primary N) is 1. The van der Waals surface area contributed by atoms with E-state index in [0.29, 0.717) is 25.6 Å². The van der Waals surface area contributed by atoms with E-state index in [4.69, 9.17) is 5.73 Å². The first-order valence-corrected chi connectivity index (χ1v) is 4.90. The molecule has 1 atom stereocenters. The first kappa shape index (κ1) is 12.4. The molecule has 1 amide bonds. The van der Waals surface area contributed by atoms with E-state index in [1.165, 1.54) is 0 Å². The van der Waals surface area contributed by atoms with Crippen molar-refractivity contribution in [3.8, 4) is 0 Å². The summed E-state index contributed by atoms with van der Waals surface area (Å²) in [7, 11) is 0. The summed E-state index contributed by atoms with van der Waals surface area (Å²) >= 11 is 0. The quantitative estimate of drug-likeness (QED) is 0.519. The molecule has 0 aromatic heterocycles. The zero-order valence-electron chi connectivity index (χ0n) is 8.60. The lowest BCUT2D eigenvalue weighted by Gasteiger charge is -2.10. The van der Waals surface area contributed by atoms with Crippen molar-refractivity contribution in [2.24, 2.45) is 5.73 Å². The molecule has 0 bridgehead atoms. The summed E-state index contributed by atoms with van der Waals surface area (Å²) in [4.78, 5) is 11.1. The van der Waals surface area contributed by atoms with Gasteiger partial charge in [-0.25, -0.2) is 0 Å². The monoisotopic (exact) mass is 187 g/mol. The smallest absolute Gasteiger partial charge is 0.221 e. The molecule has 0 aromatic rings. The lowest BCUT2D eigenvalue weighted by atomic mass is 10.3. The van der Waals surface area contributed by atoms with E-state index in [9.17, 15) is 4.79 Å². The highest BCUT2D eigenvalue weighted by molar-refractivity contribution is 5.75. The Bertz CT molecular complexity index is 139. The number of carbonyl (C=O) groups is 1. The first-order chi connectivity index (χ1) is 6.20. The lowest BCUT2D eigenvalue weighted by molar-refractivity contribution is -0.121. The Morgan fingerprint density at radius 1 is 1.46 bits per heavy atom. The fraction of sp³-hybridized carbons (Fsp3) is 0.889. The minimum absolute atomic E-state index is 0.110. The SMILES string of the molecule is CCCNC(=O)CCNC(C)CN. The molecule has 0 saturated heterocycles. The van der Waals surface area contributed by atoms with E-state index < -0.39 is 0 Å². The summed E-state index contributed by atoms with van der Waals surface area (Å²) in [5.74, 6) is 0.110. The summed E-state index contributed by atoms with van der Waals surface area (Å²) in [6.07, 6.45) is 1.52. The van der Waals surface area contributed by atoms with Crippen LogP contribution >= 0.6 is 0 Å². The van der Waals surface area contributed by atoms with Gasteiger partial charge in [-0.05, 0) is 13.3 Å². The van der Waals surface area contributed by atoms with Gasteiger partial charge in [0.15, 0.2) is 0 Å². The normalized spacial score (nSPS) is 12.5. The van der Waals surface area contributed by atoms with Gasteiger partial charge in [0.2, 0.25) is 5.91 Å². The van der Waals surface area contributed by atoms with Crippen LogP contribution in [-0.4, -0.2) is 31.6 Å². The van der Waals surface area contributed by atoms with Gasteiger partial charge in [-0.15, -0.1) is 0 Å². The van der Waals surface area contributed by atoms with Gasteiger partial charge in [-0.2, -0.15) is 0 Å². The molecular formula is C9H21N3O. The third-order valence-corrected chi connectivity index (χ3v) is 1.77. The Morgan fingerprint density at radius 2 is 2.15 bits per heavy atom. The van der Waals surface area contributed by atoms with Crippen molar-refractivity contribution < 1.29 is 4.79 Å². The van der Waals surface area contributed by atoms with E-state index >= 15 is 0 Å². The van der Waals surface area contributed by atoms with Crippen LogP contribution in [0.1, 0.15) is 26.7 Å². The average molecular weight is 187 g/mol. The summed E-state index contributed by atoms with van der Waals surface area (Å²) in [6, 6.07) is 0.291. The Kier molecular flexibility index (Phi) is 7.63. The molecule has 0 radical (unpaired) electrons. The maximum atomic E-state index is 11.1. The van der Waals surface area contributed by atoms with Crippen LogP contribution < -0.4 is 16.4 Å². The molecule has 0 aliphatic carbocycles. The molecule has 4 nitrogen and oxygen atoms in total. The molecule has 0 heterocycles. The predicted octanol–water partition coefficient (Wildman–Crippen LogP) is -0.160. The molecule has 0 aliphatic heterocycles. The average Bonchev–Trinajstić information content (AvgIpc) is 2.14. The second kappa shape index (κ2) is 8.01. The van der Waals surface area contributed by atoms with Crippen molar-refractivity contribution in [1.29, 1.82) is 0 Å². The van der Waals surface area contributed by atoms with Crippen molar-refractivity contribution in [3.63, 3.8) is 0 Å². The van der Waals surface area contributed by atoms with E-state index in [-0.39, 0.29) is 5.91 Å². The van der Waals surface area contributed by atoms with Crippen LogP contribution in [0.15, 0.2) is 0 Å². The minimum Gasteiger partial charge on any atom is -0.356 e. The van der Waals surface area contributed by atoms with Crippen LogP contribution in [0.2, 0.25) is 0 Å². The van der Waals surface area contributed by atoms with Crippen LogP contribution in [-0.2, 0) is 4.79 Å². The maximum absolute atomic E-state index is 11.1. The zero-order chi connectivity index (χ0) is 10.1. The topological polar surface area (TPSA) is 67.2 Å². The standard InChI is InChI=1S/C9H21N3O/c1-3-5-12-9(13)4-6-11-8(2)7-10/h8,11H,3-7,10H2,1-2H3,(H,12,13). The van der Waals surface area contributed by atoms with Crippen LogP contribution in [0.4, 0.5) is 0 Å². The Morgan fingerprint density at radius 3 is 2.69 bits per heavy atom. The second-order valence-electron chi connectivity index (χ2n) is 3.19. The molecular weight excluding hydrogens is 166 g/mol. The molecule has 0 aromatic carbocycles.